The summed E-state index contributed by atoms with van der Waals surface area (Å²) in [6.45, 7) is 7.24. The van der Waals surface area contributed by atoms with E-state index >= 15 is 0 Å². The molecule has 1 N–H and O–H groups in total. The summed E-state index contributed by atoms with van der Waals surface area (Å²) in [4.78, 5) is 31.7. The number of rotatable bonds is 10. The van der Waals surface area contributed by atoms with Gasteiger partial charge in [-0.05, 0) is 38.2 Å². The summed E-state index contributed by atoms with van der Waals surface area (Å²) in [7, 11) is 0. The minimum Gasteiger partial charge on any atom is -0.346 e. The van der Waals surface area contributed by atoms with Crippen LogP contribution in [0.5, 0.6) is 0 Å². The summed E-state index contributed by atoms with van der Waals surface area (Å²) in [5.74, 6) is 0.0525. The van der Waals surface area contributed by atoms with Gasteiger partial charge < -0.3 is 10.2 Å². The summed E-state index contributed by atoms with van der Waals surface area (Å²) in [6, 6.07) is 10.1. The Morgan fingerprint density at radius 3 is 2.55 bits per heavy atom. The van der Waals surface area contributed by atoms with Crippen molar-refractivity contribution in [3.05, 3.63) is 35.9 Å². The second kappa shape index (κ2) is 12.5. The van der Waals surface area contributed by atoms with Crippen molar-refractivity contribution in [3.8, 4) is 0 Å². The number of hydrogen-bond acceptors (Lipinski definition) is 5. The molecule has 0 radical (unpaired) electrons. The fourth-order valence-electron chi connectivity index (χ4n) is 3.27. The van der Waals surface area contributed by atoms with Crippen LogP contribution in [0.3, 0.4) is 0 Å². The molecule has 1 heterocycles. The smallest absolute Gasteiger partial charge is 0.346 e. The predicted octanol–water partition coefficient (Wildman–Crippen LogP) is 4.59. The lowest BCUT2D eigenvalue weighted by Crippen LogP contribution is -2.49. The zero-order valence-corrected chi connectivity index (χ0v) is 18.5. The molecule has 29 heavy (non-hydrogen) atoms. The highest BCUT2D eigenvalue weighted by Crippen LogP contribution is 2.26. The lowest BCUT2D eigenvalue weighted by molar-refractivity contribution is -0.121. The molecule has 1 fully saturated rings. The molecule has 1 saturated heterocycles. The molecule has 0 spiro atoms. The van der Waals surface area contributed by atoms with Crippen LogP contribution in [-0.2, 0) is 16.1 Å². The number of nitrogens with one attached hydrogen (secondary N) is 1. The first-order valence-electron chi connectivity index (χ1n) is 10.6. The molecule has 0 bridgehead atoms. The molecule has 0 saturated carbocycles. The maximum Gasteiger partial charge on any atom is 0.435 e. The molecule has 2 unspecified atom stereocenters. The molecular weight excluding hydrogens is 386 g/mol. The number of benzene rings is 1. The van der Waals surface area contributed by atoms with Crippen molar-refractivity contribution in [1.29, 1.82) is 0 Å². The number of aryl methyl sites for hydroxylation is 1. The highest BCUT2D eigenvalue weighted by atomic mass is 32.2. The zero-order chi connectivity index (χ0) is 21.1. The van der Waals surface area contributed by atoms with Crippen molar-refractivity contribution in [2.75, 3.05) is 13.1 Å². The van der Waals surface area contributed by atoms with Gasteiger partial charge in [-0.15, -0.1) is 0 Å². The normalized spacial score (nSPS) is 20.4. The molecule has 0 aliphatic carbocycles. The second-order valence-corrected chi connectivity index (χ2v) is 8.42. The number of thioether (sulfide) groups is 1. The maximum absolute atomic E-state index is 12.5. The molecule has 1 aromatic rings. The third-order valence-corrected chi connectivity index (χ3v) is 6.22. The van der Waals surface area contributed by atoms with E-state index in [4.69, 9.17) is 4.84 Å². The second-order valence-electron chi connectivity index (χ2n) is 7.20. The molecule has 160 valence electrons. The van der Waals surface area contributed by atoms with Crippen LogP contribution in [0.25, 0.3) is 0 Å². The minimum atomic E-state index is -0.437. The van der Waals surface area contributed by atoms with E-state index in [2.05, 4.69) is 36.5 Å². The van der Waals surface area contributed by atoms with Crippen molar-refractivity contribution in [2.45, 2.75) is 70.6 Å². The Balaban J connectivity index is 1.92. The molecule has 1 aliphatic heterocycles. The van der Waals surface area contributed by atoms with Crippen LogP contribution in [0.2, 0.25) is 0 Å². The average molecular weight is 420 g/mol. The summed E-state index contributed by atoms with van der Waals surface area (Å²) in [5, 5.41) is 7.71. The van der Waals surface area contributed by atoms with E-state index in [0.717, 1.165) is 38.5 Å². The third kappa shape index (κ3) is 7.38. The predicted molar refractivity (Wildman–Crippen MR) is 119 cm³/mol. The number of hydrogen-bond donors (Lipinski definition) is 1. The SMILES string of the molecule is CCCC1NC(=O)C(CCC)SC1=NOC(=O)N(CC)CCCc1ccccc1. The summed E-state index contributed by atoms with van der Waals surface area (Å²) in [5.41, 5.74) is 1.26. The van der Waals surface area contributed by atoms with Crippen LogP contribution < -0.4 is 5.32 Å². The Labute approximate surface area is 178 Å². The Kier molecular flexibility index (Phi) is 10.0. The molecule has 2 amide bonds. The fraction of sp³-hybridized carbons (Fsp3) is 0.591. The van der Waals surface area contributed by atoms with Crippen LogP contribution in [0.1, 0.15) is 58.4 Å². The number of oxime groups is 1. The summed E-state index contributed by atoms with van der Waals surface area (Å²) >= 11 is 1.43. The van der Waals surface area contributed by atoms with Crippen molar-refractivity contribution >= 4 is 28.8 Å². The van der Waals surface area contributed by atoms with Crippen molar-refractivity contribution in [2.24, 2.45) is 5.16 Å². The first kappa shape index (κ1) is 23.3. The first-order chi connectivity index (χ1) is 14.1. The van der Waals surface area contributed by atoms with Crippen molar-refractivity contribution < 1.29 is 14.4 Å². The maximum atomic E-state index is 12.5. The first-order valence-corrected chi connectivity index (χ1v) is 11.5. The molecule has 1 aliphatic rings. The van der Waals surface area contributed by atoms with Crippen LogP contribution in [0.15, 0.2) is 35.5 Å². The average Bonchev–Trinajstić information content (AvgIpc) is 2.73. The lowest BCUT2D eigenvalue weighted by atomic mass is 10.1. The van der Waals surface area contributed by atoms with E-state index in [1.165, 1.54) is 17.3 Å². The van der Waals surface area contributed by atoms with Crippen LogP contribution in [0.4, 0.5) is 4.79 Å². The fourth-order valence-corrected chi connectivity index (χ4v) is 4.51. The van der Waals surface area contributed by atoms with Crippen molar-refractivity contribution in [3.63, 3.8) is 0 Å². The van der Waals surface area contributed by atoms with E-state index in [9.17, 15) is 9.59 Å². The van der Waals surface area contributed by atoms with E-state index in [1.807, 2.05) is 25.1 Å². The van der Waals surface area contributed by atoms with Crippen LogP contribution in [0, 0.1) is 0 Å². The zero-order valence-electron chi connectivity index (χ0n) is 17.7. The third-order valence-electron chi connectivity index (χ3n) is 4.89. The summed E-state index contributed by atoms with van der Waals surface area (Å²) in [6.07, 6.45) is 4.74. The van der Waals surface area contributed by atoms with Gasteiger partial charge in [-0.1, -0.05) is 73.9 Å². The van der Waals surface area contributed by atoms with Crippen LogP contribution >= 0.6 is 11.8 Å². The quantitative estimate of drug-likeness (QED) is 0.445. The van der Waals surface area contributed by atoms with E-state index in [0.29, 0.717) is 18.1 Å². The van der Waals surface area contributed by atoms with Gasteiger partial charge in [-0.25, -0.2) is 4.79 Å². The van der Waals surface area contributed by atoms with Gasteiger partial charge in [0.1, 0.15) is 5.04 Å². The topological polar surface area (TPSA) is 71.0 Å². The molecule has 7 heteroatoms. The van der Waals surface area contributed by atoms with Gasteiger partial charge in [0.2, 0.25) is 5.91 Å². The van der Waals surface area contributed by atoms with Gasteiger partial charge in [0.25, 0.3) is 0 Å². The van der Waals surface area contributed by atoms with Gasteiger partial charge >= 0.3 is 6.09 Å². The van der Waals surface area contributed by atoms with Gasteiger partial charge in [0.15, 0.2) is 0 Å². The van der Waals surface area contributed by atoms with Gasteiger partial charge in [0.05, 0.1) is 11.3 Å². The lowest BCUT2D eigenvalue weighted by Gasteiger charge is -2.29. The monoisotopic (exact) mass is 419 g/mol. The number of amides is 2. The Hall–Kier alpha value is -2.02. The Morgan fingerprint density at radius 2 is 1.90 bits per heavy atom. The van der Waals surface area contributed by atoms with E-state index < -0.39 is 6.09 Å². The number of carbonyl (C=O) groups excluding carboxylic acids is 2. The molecule has 2 atom stereocenters. The molecule has 0 aromatic heterocycles. The van der Waals surface area contributed by atoms with Crippen molar-refractivity contribution in [1.82, 2.24) is 10.2 Å². The van der Waals surface area contributed by atoms with Gasteiger partial charge in [-0.2, -0.15) is 0 Å². The van der Waals surface area contributed by atoms with E-state index in [-0.39, 0.29) is 17.2 Å². The van der Waals surface area contributed by atoms with Crippen LogP contribution in [-0.4, -0.2) is 46.3 Å². The highest BCUT2D eigenvalue weighted by Gasteiger charge is 2.33. The standard InChI is InChI=1S/C22H33N3O3S/c1-4-11-18-21(29-19(12-5-2)20(26)23-18)24-28-22(27)25(6-3)16-10-15-17-13-8-7-9-14-17/h7-9,13-14,18-19H,4-6,10-12,15-16H2,1-3H3,(H,23,26). The molecule has 6 nitrogen and oxygen atoms in total. The Bertz CT molecular complexity index is 681. The highest BCUT2D eigenvalue weighted by molar-refractivity contribution is 8.15. The molecule has 2 rings (SSSR count). The van der Waals surface area contributed by atoms with Gasteiger partial charge in [0, 0.05) is 13.1 Å². The number of nitrogens with zero attached hydrogens (tertiary/aromatic N) is 2. The van der Waals surface area contributed by atoms with Gasteiger partial charge in [-0.3, -0.25) is 9.63 Å². The Morgan fingerprint density at radius 1 is 1.17 bits per heavy atom. The van der Waals surface area contributed by atoms with E-state index in [1.54, 1.807) is 4.90 Å². The molecular formula is C22H33N3O3S. The minimum absolute atomic E-state index is 0.0525. The summed E-state index contributed by atoms with van der Waals surface area (Å²) < 4.78 is 0. The molecule has 1 aromatic carbocycles. The number of carbonyl (C=O) groups is 2. The largest absolute Gasteiger partial charge is 0.435 e.